The molecule has 1 aliphatic rings. The fourth-order valence-electron chi connectivity index (χ4n) is 2.93. The fraction of sp³-hybridized carbons (Fsp3) is 0.667. The van der Waals surface area contributed by atoms with E-state index in [1.807, 2.05) is 45.6 Å². The SMILES string of the molecule is Cc1cc(C(=O)N2CCCC(CNC(=O)C(C)(C)C)C2)c(C)o1. The molecule has 1 N–H and O–H groups in total. The molecule has 23 heavy (non-hydrogen) atoms. The zero-order valence-electron chi connectivity index (χ0n) is 14.9. The zero-order valence-corrected chi connectivity index (χ0v) is 14.9. The van der Waals surface area contributed by atoms with Crippen LogP contribution in [0.4, 0.5) is 0 Å². The number of carbonyl (C=O) groups is 2. The van der Waals surface area contributed by atoms with Crippen LogP contribution < -0.4 is 5.32 Å². The van der Waals surface area contributed by atoms with Gasteiger partial charge in [-0.25, -0.2) is 0 Å². The number of nitrogens with zero attached hydrogens (tertiary/aromatic N) is 1. The summed E-state index contributed by atoms with van der Waals surface area (Å²) in [6, 6.07) is 1.81. The summed E-state index contributed by atoms with van der Waals surface area (Å²) in [4.78, 5) is 26.5. The van der Waals surface area contributed by atoms with Crippen molar-refractivity contribution < 1.29 is 14.0 Å². The Morgan fingerprint density at radius 3 is 2.61 bits per heavy atom. The molecule has 2 amide bonds. The summed E-state index contributed by atoms with van der Waals surface area (Å²) in [5, 5.41) is 3.01. The lowest BCUT2D eigenvalue weighted by molar-refractivity contribution is -0.128. The van der Waals surface area contributed by atoms with Crippen molar-refractivity contribution in [2.75, 3.05) is 19.6 Å². The van der Waals surface area contributed by atoms with Gasteiger partial charge in [0.1, 0.15) is 11.5 Å². The van der Waals surface area contributed by atoms with Gasteiger partial charge in [0.2, 0.25) is 5.91 Å². The maximum atomic E-state index is 12.7. The van der Waals surface area contributed by atoms with Crippen LogP contribution in [0.1, 0.15) is 55.5 Å². The third-order valence-corrected chi connectivity index (χ3v) is 4.31. The van der Waals surface area contributed by atoms with Crippen molar-refractivity contribution in [3.63, 3.8) is 0 Å². The maximum absolute atomic E-state index is 12.7. The summed E-state index contributed by atoms with van der Waals surface area (Å²) in [7, 11) is 0. The van der Waals surface area contributed by atoms with Crippen LogP contribution in [-0.2, 0) is 4.79 Å². The Balaban J connectivity index is 1.94. The van der Waals surface area contributed by atoms with Gasteiger partial charge in [-0.15, -0.1) is 0 Å². The normalized spacial score (nSPS) is 18.8. The summed E-state index contributed by atoms with van der Waals surface area (Å²) in [6.07, 6.45) is 2.01. The monoisotopic (exact) mass is 320 g/mol. The van der Waals surface area contributed by atoms with Gasteiger partial charge in [-0.3, -0.25) is 9.59 Å². The van der Waals surface area contributed by atoms with Crippen molar-refractivity contribution in [3.05, 3.63) is 23.2 Å². The van der Waals surface area contributed by atoms with Crippen LogP contribution in [0.3, 0.4) is 0 Å². The number of hydrogen-bond donors (Lipinski definition) is 1. The van der Waals surface area contributed by atoms with E-state index in [1.165, 1.54) is 0 Å². The van der Waals surface area contributed by atoms with Crippen LogP contribution >= 0.6 is 0 Å². The highest BCUT2D eigenvalue weighted by molar-refractivity contribution is 5.95. The van der Waals surface area contributed by atoms with E-state index in [2.05, 4.69) is 5.32 Å². The van der Waals surface area contributed by atoms with Crippen LogP contribution in [0.2, 0.25) is 0 Å². The summed E-state index contributed by atoms with van der Waals surface area (Å²) in [5.41, 5.74) is 0.275. The van der Waals surface area contributed by atoms with Gasteiger partial charge in [0, 0.05) is 25.0 Å². The van der Waals surface area contributed by atoms with Gasteiger partial charge in [-0.1, -0.05) is 20.8 Å². The Bertz CT molecular complexity index is 584. The van der Waals surface area contributed by atoms with Gasteiger partial charge in [0.25, 0.3) is 5.91 Å². The van der Waals surface area contributed by atoms with Crippen molar-refractivity contribution in [1.82, 2.24) is 10.2 Å². The van der Waals surface area contributed by atoms with E-state index in [4.69, 9.17) is 4.42 Å². The number of furan rings is 1. The minimum absolute atomic E-state index is 0.0335. The molecule has 1 fully saturated rings. The maximum Gasteiger partial charge on any atom is 0.257 e. The van der Waals surface area contributed by atoms with Crippen LogP contribution in [0.15, 0.2) is 10.5 Å². The van der Waals surface area contributed by atoms with Crippen molar-refractivity contribution >= 4 is 11.8 Å². The molecule has 1 aromatic rings. The molecule has 1 atom stereocenters. The Kier molecular flexibility index (Phi) is 5.17. The van der Waals surface area contributed by atoms with E-state index in [0.29, 0.717) is 30.3 Å². The number of rotatable bonds is 3. The van der Waals surface area contributed by atoms with Crippen molar-refractivity contribution in [3.8, 4) is 0 Å². The Morgan fingerprint density at radius 1 is 1.35 bits per heavy atom. The van der Waals surface area contributed by atoms with Crippen molar-refractivity contribution in [2.24, 2.45) is 11.3 Å². The van der Waals surface area contributed by atoms with Crippen LogP contribution in [0.25, 0.3) is 0 Å². The Labute approximate surface area is 138 Å². The third kappa shape index (κ3) is 4.36. The molecule has 0 saturated carbocycles. The van der Waals surface area contributed by atoms with Crippen molar-refractivity contribution in [1.29, 1.82) is 0 Å². The minimum Gasteiger partial charge on any atom is -0.466 e. The number of hydrogen-bond acceptors (Lipinski definition) is 3. The number of carbonyl (C=O) groups excluding carboxylic acids is 2. The summed E-state index contributed by atoms with van der Waals surface area (Å²) >= 11 is 0. The van der Waals surface area contributed by atoms with Gasteiger partial charge in [-0.05, 0) is 38.7 Å². The average molecular weight is 320 g/mol. The van der Waals surface area contributed by atoms with Gasteiger partial charge in [0.05, 0.1) is 5.56 Å². The average Bonchev–Trinajstić information content (AvgIpc) is 2.82. The molecule has 0 aromatic carbocycles. The Hall–Kier alpha value is -1.78. The van der Waals surface area contributed by atoms with E-state index in [0.717, 1.165) is 25.1 Å². The molecule has 5 nitrogen and oxygen atoms in total. The number of likely N-dealkylation sites (tertiary alicyclic amines) is 1. The molecule has 128 valence electrons. The zero-order chi connectivity index (χ0) is 17.2. The standard InChI is InChI=1S/C18H28N2O3/c1-12-9-15(13(2)23-12)16(21)20-8-6-7-14(11-20)10-19-17(22)18(3,4)5/h9,14H,6-8,10-11H2,1-5H3,(H,19,22). The van der Waals surface area contributed by atoms with Gasteiger partial charge < -0.3 is 14.6 Å². The topological polar surface area (TPSA) is 62.6 Å². The molecular formula is C18H28N2O3. The summed E-state index contributed by atoms with van der Waals surface area (Å²) < 4.78 is 5.47. The highest BCUT2D eigenvalue weighted by Gasteiger charge is 2.28. The van der Waals surface area contributed by atoms with Crippen molar-refractivity contribution in [2.45, 2.75) is 47.5 Å². The van der Waals surface area contributed by atoms with E-state index in [-0.39, 0.29) is 17.2 Å². The number of nitrogens with one attached hydrogen (secondary N) is 1. The van der Waals surface area contributed by atoms with Gasteiger partial charge in [-0.2, -0.15) is 0 Å². The molecule has 2 heterocycles. The van der Waals surface area contributed by atoms with Crippen LogP contribution in [0, 0.1) is 25.2 Å². The van der Waals surface area contributed by atoms with E-state index in [1.54, 1.807) is 0 Å². The lowest BCUT2D eigenvalue weighted by Gasteiger charge is -2.33. The largest absolute Gasteiger partial charge is 0.466 e. The van der Waals surface area contributed by atoms with Gasteiger partial charge >= 0.3 is 0 Å². The first-order valence-corrected chi connectivity index (χ1v) is 8.33. The molecule has 5 heteroatoms. The summed E-state index contributed by atoms with van der Waals surface area (Å²) in [5.74, 6) is 1.84. The van der Waals surface area contributed by atoms with E-state index >= 15 is 0 Å². The smallest absolute Gasteiger partial charge is 0.257 e. The predicted octanol–water partition coefficient (Wildman–Crippen LogP) is 2.91. The second-order valence-corrected chi connectivity index (χ2v) is 7.55. The molecule has 0 aliphatic carbocycles. The molecule has 2 rings (SSSR count). The van der Waals surface area contributed by atoms with Gasteiger partial charge in [0.15, 0.2) is 0 Å². The van der Waals surface area contributed by atoms with E-state index in [9.17, 15) is 9.59 Å². The number of aryl methyl sites for hydroxylation is 2. The van der Waals surface area contributed by atoms with Crippen LogP contribution in [0.5, 0.6) is 0 Å². The minimum atomic E-state index is -0.379. The first-order chi connectivity index (χ1) is 10.7. The van der Waals surface area contributed by atoms with E-state index < -0.39 is 0 Å². The molecule has 1 aromatic heterocycles. The summed E-state index contributed by atoms with van der Waals surface area (Å²) in [6.45, 7) is 11.5. The highest BCUT2D eigenvalue weighted by Crippen LogP contribution is 2.22. The molecule has 0 radical (unpaired) electrons. The number of piperidine rings is 1. The molecule has 1 unspecified atom stereocenters. The number of amides is 2. The molecule has 0 spiro atoms. The Morgan fingerprint density at radius 2 is 2.04 bits per heavy atom. The molecule has 0 bridgehead atoms. The predicted molar refractivity (Wildman–Crippen MR) is 89.3 cm³/mol. The molecule has 1 aliphatic heterocycles. The third-order valence-electron chi connectivity index (χ3n) is 4.31. The second kappa shape index (κ2) is 6.77. The second-order valence-electron chi connectivity index (χ2n) is 7.55. The lowest BCUT2D eigenvalue weighted by atomic mass is 9.94. The molecular weight excluding hydrogens is 292 g/mol. The lowest BCUT2D eigenvalue weighted by Crippen LogP contribution is -2.45. The highest BCUT2D eigenvalue weighted by atomic mass is 16.3. The molecule has 1 saturated heterocycles. The first kappa shape index (κ1) is 17.6. The quantitative estimate of drug-likeness (QED) is 0.931. The van der Waals surface area contributed by atoms with Crippen LogP contribution in [-0.4, -0.2) is 36.3 Å². The fourth-order valence-corrected chi connectivity index (χ4v) is 2.93. The first-order valence-electron chi connectivity index (χ1n) is 8.33.